The summed E-state index contributed by atoms with van der Waals surface area (Å²) in [5, 5.41) is 12.8. The van der Waals surface area contributed by atoms with Crippen LogP contribution in [0.25, 0.3) is 0 Å². The van der Waals surface area contributed by atoms with Crippen LogP contribution in [0.1, 0.15) is 28.9 Å². The van der Waals surface area contributed by atoms with Crippen molar-refractivity contribution < 1.29 is 14.7 Å². The van der Waals surface area contributed by atoms with Crippen LogP contribution < -0.4 is 0 Å². The second-order valence-electron chi connectivity index (χ2n) is 6.22. The normalized spacial score (nSPS) is 15.4. The number of carboxylic acid groups (broad SMARTS) is 1. The third kappa shape index (κ3) is 4.01. The summed E-state index contributed by atoms with van der Waals surface area (Å²) in [5.74, 6) is -0.489. The number of carbonyl (C=O) groups excluding carboxylic acids is 1. The van der Waals surface area contributed by atoms with Gasteiger partial charge >= 0.3 is 5.97 Å². The zero-order chi connectivity index (χ0) is 16.9. The molecule has 1 aromatic heterocycles. The Kier molecular flexibility index (Phi) is 4.93. The Morgan fingerprint density at radius 2 is 1.83 bits per heavy atom. The summed E-state index contributed by atoms with van der Waals surface area (Å²) in [6.45, 7) is 1.22. The average molecular weight is 327 g/mol. The molecule has 1 aliphatic rings. The van der Waals surface area contributed by atoms with E-state index in [0.717, 1.165) is 32.4 Å². The smallest absolute Gasteiger partial charge is 0.325 e. The first-order valence-corrected chi connectivity index (χ1v) is 8.20. The second-order valence-corrected chi connectivity index (χ2v) is 6.22. The molecule has 0 atom stereocenters. The van der Waals surface area contributed by atoms with E-state index in [-0.39, 0.29) is 12.5 Å². The number of rotatable bonds is 5. The van der Waals surface area contributed by atoms with Gasteiger partial charge in [0, 0.05) is 19.3 Å². The SMILES string of the molecule is O=C(O)Cn1ccc(C(=O)N2CCC(Cc3ccccc3)CC2)n1. The molecule has 0 spiro atoms. The molecule has 2 aromatic rings. The van der Waals surface area contributed by atoms with Gasteiger partial charge in [-0.05, 0) is 36.8 Å². The molecule has 6 heteroatoms. The fraction of sp³-hybridized carbons (Fsp3) is 0.389. The number of carbonyl (C=O) groups is 2. The highest BCUT2D eigenvalue weighted by molar-refractivity contribution is 5.92. The van der Waals surface area contributed by atoms with Crippen LogP contribution >= 0.6 is 0 Å². The van der Waals surface area contributed by atoms with E-state index in [0.29, 0.717) is 11.6 Å². The zero-order valence-electron chi connectivity index (χ0n) is 13.5. The van der Waals surface area contributed by atoms with Gasteiger partial charge < -0.3 is 10.0 Å². The highest BCUT2D eigenvalue weighted by atomic mass is 16.4. The number of nitrogens with zero attached hydrogens (tertiary/aromatic N) is 3. The van der Waals surface area contributed by atoms with Gasteiger partial charge in [0.15, 0.2) is 0 Å². The molecular weight excluding hydrogens is 306 g/mol. The molecule has 1 fully saturated rings. The molecule has 126 valence electrons. The lowest BCUT2D eigenvalue weighted by molar-refractivity contribution is -0.137. The standard InChI is InChI=1S/C18H21N3O3/c22-17(23)13-21-11-8-16(19-21)18(24)20-9-6-15(7-10-20)12-14-4-2-1-3-5-14/h1-5,8,11,15H,6-7,9-10,12-13H2,(H,22,23). The van der Waals surface area contributed by atoms with E-state index < -0.39 is 5.97 Å². The fourth-order valence-corrected chi connectivity index (χ4v) is 3.15. The van der Waals surface area contributed by atoms with Gasteiger partial charge in [-0.1, -0.05) is 30.3 Å². The fourth-order valence-electron chi connectivity index (χ4n) is 3.15. The summed E-state index contributed by atoms with van der Waals surface area (Å²) in [5.41, 5.74) is 1.66. The van der Waals surface area contributed by atoms with Crippen LogP contribution in [-0.2, 0) is 17.8 Å². The van der Waals surface area contributed by atoms with Crippen molar-refractivity contribution in [3.63, 3.8) is 0 Å². The maximum atomic E-state index is 12.5. The average Bonchev–Trinajstić information content (AvgIpc) is 3.03. The molecule has 0 bridgehead atoms. The second kappa shape index (κ2) is 7.29. The Morgan fingerprint density at radius 3 is 2.50 bits per heavy atom. The molecule has 0 radical (unpaired) electrons. The van der Waals surface area contributed by atoms with Crippen molar-refractivity contribution in [3.05, 3.63) is 53.9 Å². The molecule has 1 aliphatic heterocycles. The van der Waals surface area contributed by atoms with Crippen molar-refractivity contribution >= 4 is 11.9 Å². The van der Waals surface area contributed by atoms with Gasteiger partial charge in [0.25, 0.3) is 5.91 Å². The van der Waals surface area contributed by atoms with Crippen molar-refractivity contribution in [3.8, 4) is 0 Å². The number of hydrogen-bond acceptors (Lipinski definition) is 3. The van der Waals surface area contributed by atoms with Crippen molar-refractivity contribution in [2.45, 2.75) is 25.8 Å². The number of aliphatic carboxylic acids is 1. The van der Waals surface area contributed by atoms with E-state index in [4.69, 9.17) is 5.11 Å². The van der Waals surface area contributed by atoms with Gasteiger partial charge in [0.05, 0.1) is 0 Å². The predicted octanol–water partition coefficient (Wildman–Crippen LogP) is 2.06. The largest absolute Gasteiger partial charge is 0.480 e. The quantitative estimate of drug-likeness (QED) is 0.912. The van der Waals surface area contributed by atoms with Crippen molar-refractivity contribution in [1.29, 1.82) is 0 Å². The Labute approximate surface area is 140 Å². The first kappa shape index (κ1) is 16.2. The number of aromatic nitrogens is 2. The van der Waals surface area contributed by atoms with Crippen LogP contribution in [0.3, 0.4) is 0 Å². The summed E-state index contributed by atoms with van der Waals surface area (Å²) in [7, 11) is 0. The zero-order valence-corrected chi connectivity index (χ0v) is 13.5. The highest BCUT2D eigenvalue weighted by Gasteiger charge is 2.25. The van der Waals surface area contributed by atoms with E-state index in [2.05, 4.69) is 29.4 Å². The molecule has 1 aromatic carbocycles. The number of likely N-dealkylation sites (tertiary alicyclic amines) is 1. The first-order valence-electron chi connectivity index (χ1n) is 8.20. The summed E-state index contributed by atoms with van der Waals surface area (Å²) in [6, 6.07) is 12.0. The molecule has 6 nitrogen and oxygen atoms in total. The molecule has 3 rings (SSSR count). The Morgan fingerprint density at radius 1 is 1.12 bits per heavy atom. The maximum absolute atomic E-state index is 12.5. The molecular formula is C18H21N3O3. The number of piperidine rings is 1. The molecule has 1 amide bonds. The molecule has 0 aliphatic carbocycles. The van der Waals surface area contributed by atoms with Gasteiger partial charge in [0.1, 0.15) is 12.2 Å². The van der Waals surface area contributed by atoms with Crippen molar-refractivity contribution in [2.24, 2.45) is 5.92 Å². The van der Waals surface area contributed by atoms with Crippen LogP contribution in [0.4, 0.5) is 0 Å². The van der Waals surface area contributed by atoms with Crippen LogP contribution in [0.5, 0.6) is 0 Å². The van der Waals surface area contributed by atoms with Gasteiger partial charge in [-0.25, -0.2) is 0 Å². The highest BCUT2D eigenvalue weighted by Crippen LogP contribution is 2.22. The van der Waals surface area contributed by atoms with Gasteiger partial charge in [-0.15, -0.1) is 0 Å². The van der Waals surface area contributed by atoms with Crippen LogP contribution in [0, 0.1) is 5.92 Å². The first-order chi connectivity index (χ1) is 11.6. The van der Waals surface area contributed by atoms with E-state index >= 15 is 0 Å². The maximum Gasteiger partial charge on any atom is 0.325 e. The van der Waals surface area contributed by atoms with Crippen LogP contribution in [0.15, 0.2) is 42.6 Å². The monoisotopic (exact) mass is 327 g/mol. The Bertz CT molecular complexity index is 703. The molecule has 0 saturated carbocycles. The Hall–Kier alpha value is -2.63. The van der Waals surface area contributed by atoms with Gasteiger partial charge in [-0.2, -0.15) is 5.10 Å². The number of benzene rings is 1. The number of carboxylic acids is 1. The topological polar surface area (TPSA) is 75.4 Å². The summed E-state index contributed by atoms with van der Waals surface area (Å²) < 4.78 is 1.28. The minimum absolute atomic E-state index is 0.114. The number of amides is 1. The summed E-state index contributed by atoms with van der Waals surface area (Å²) in [4.78, 5) is 25.0. The third-order valence-electron chi connectivity index (χ3n) is 4.43. The lowest BCUT2D eigenvalue weighted by atomic mass is 9.90. The lowest BCUT2D eigenvalue weighted by Gasteiger charge is -2.31. The summed E-state index contributed by atoms with van der Waals surface area (Å²) in [6.07, 6.45) is 4.55. The minimum atomic E-state index is -0.973. The molecule has 0 unspecified atom stereocenters. The predicted molar refractivity (Wildman–Crippen MR) is 88.6 cm³/mol. The summed E-state index contributed by atoms with van der Waals surface area (Å²) >= 11 is 0. The van der Waals surface area contributed by atoms with E-state index in [1.807, 2.05) is 11.0 Å². The van der Waals surface area contributed by atoms with Crippen LogP contribution in [0.2, 0.25) is 0 Å². The molecule has 2 heterocycles. The molecule has 1 saturated heterocycles. The molecule has 1 N–H and O–H groups in total. The lowest BCUT2D eigenvalue weighted by Crippen LogP contribution is -2.39. The van der Waals surface area contributed by atoms with Crippen LogP contribution in [-0.4, -0.2) is 44.8 Å². The molecule has 24 heavy (non-hydrogen) atoms. The van der Waals surface area contributed by atoms with E-state index in [1.54, 1.807) is 6.07 Å². The van der Waals surface area contributed by atoms with Gasteiger partial charge in [0.2, 0.25) is 0 Å². The third-order valence-corrected chi connectivity index (χ3v) is 4.43. The number of hydrogen-bond donors (Lipinski definition) is 1. The van der Waals surface area contributed by atoms with E-state index in [1.165, 1.54) is 16.4 Å². The van der Waals surface area contributed by atoms with Crippen molar-refractivity contribution in [2.75, 3.05) is 13.1 Å². The van der Waals surface area contributed by atoms with Gasteiger partial charge in [-0.3, -0.25) is 14.3 Å². The van der Waals surface area contributed by atoms with Crippen molar-refractivity contribution in [1.82, 2.24) is 14.7 Å². The minimum Gasteiger partial charge on any atom is -0.480 e. The Balaban J connectivity index is 1.53. The van der Waals surface area contributed by atoms with E-state index in [9.17, 15) is 9.59 Å².